The van der Waals surface area contributed by atoms with Gasteiger partial charge in [-0.1, -0.05) is 23.2 Å². The SMILES string of the molecule is CCn1c(C(C)NS(=O)(=O)c2ccc(Cl)c(Cl)c2)cnc1OCC(F)(F)F. The minimum absolute atomic E-state index is 0.0774. The molecule has 6 nitrogen and oxygen atoms in total. The molecule has 12 heteroatoms. The number of hydrogen-bond donors (Lipinski definition) is 1. The second-order valence-corrected chi connectivity index (χ2v) is 8.06. The summed E-state index contributed by atoms with van der Waals surface area (Å²) in [6, 6.07) is 2.81. The highest BCUT2D eigenvalue weighted by Crippen LogP contribution is 2.27. The number of ether oxygens (including phenoxy) is 1. The average molecular weight is 446 g/mol. The second kappa shape index (κ2) is 8.26. The van der Waals surface area contributed by atoms with E-state index in [4.69, 9.17) is 23.2 Å². The topological polar surface area (TPSA) is 73.2 Å². The molecule has 0 radical (unpaired) electrons. The Balaban J connectivity index is 2.23. The first-order chi connectivity index (χ1) is 12.4. The molecule has 0 amide bonds. The first-order valence-electron chi connectivity index (χ1n) is 7.67. The van der Waals surface area contributed by atoms with Crippen LogP contribution in [0, 0.1) is 0 Å². The van der Waals surface area contributed by atoms with Crippen molar-refractivity contribution in [3.8, 4) is 6.01 Å². The van der Waals surface area contributed by atoms with Gasteiger partial charge in [-0.15, -0.1) is 0 Å². The average Bonchev–Trinajstić information content (AvgIpc) is 2.97. The number of halogens is 5. The van der Waals surface area contributed by atoms with E-state index in [9.17, 15) is 21.6 Å². The molecule has 0 fully saturated rings. The van der Waals surface area contributed by atoms with E-state index in [1.165, 1.54) is 35.9 Å². The lowest BCUT2D eigenvalue weighted by atomic mass is 10.3. The Morgan fingerprint density at radius 2 is 1.96 bits per heavy atom. The number of nitrogens with zero attached hydrogens (tertiary/aromatic N) is 2. The van der Waals surface area contributed by atoms with E-state index in [1.807, 2.05) is 0 Å². The first kappa shape index (κ1) is 21.8. The molecule has 0 saturated heterocycles. The Bertz CT molecular complexity index is 917. The van der Waals surface area contributed by atoms with Gasteiger partial charge >= 0.3 is 6.18 Å². The van der Waals surface area contributed by atoms with Crippen LogP contribution >= 0.6 is 23.2 Å². The lowest BCUT2D eigenvalue weighted by Gasteiger charge is -2.17. The van der Waals surface area contributed by atoms with Crippen molar-refractivity contribution in [2.45, 2.75) is 37.5 Å². The summed E-state index contributed by atoms with van der Waals surface area (Å²) in [6.45, 7) is 1.95. The maximum absolute atomic E-state index is 12.5. The Labute approximate surface area is 164 Å². The molecule has 0 aliphatic carbocycles. The molecule has 1 aromatic carbocycles. The maximum atomic E-state index is 12.5. The fourth-order valence-corrected chi connectivity index (χ4v) is 3.91. The molecular weight excluding hydrogens is 430 g/mol. The van der Waals surface area contributed by atoms with Gasteiger partial charge in [0, 0.05) is 6.54 Å². The molecule has 0 spiro atoms. The summed E-state index contributed by atoms with van der Waals surface area (Å²) in [5.41, 5.74) is 0.346. The largest absolute Gasteiger partial charge is 0.455 e. The van der Waals surface area contributed by atoms with Crippen LogP contribution in [-0.2, 0) is 16.6 Å². The molecule has 1 unspecified atom stereocenters. The molecule has 0 aliphatic rings. The predicted molar refractivity (Wildman–Crippen MR) is 94.6 cm³/mol. The third-order valence-electron chi connectivity index (χ3n) is 3.51. The summed E-state index contributed by atoms with van der Waals surface area (Å²) in [5, 5.41) is 0.285. The number of nitrogens with one attached hydrogen (secondary N) is 1. The molecule has 150 valence electrons. The zero-order chi connectivity index (χ0) is 20.4. The normalized spacial score (nSPS) is 13.6. The van der Waals surface area contributed by atoms with Crippen molar-refractivity contribution >= 4 is 33.2 Å². The minimum atomic E-state index is -4.51. The van der Waals surface area contributed by atoms with Crippen molar-refractivity contribution in [3.63, 3.8) is 0 Å². The van der Waals surface area contributed by atoms with E-state index in [-0.39, 0.29) is 27.5 Å². The monoisotopic (exact) mass is 445 g/mol. The van der Waals surface area contributed by atoms with Crippen LogP contribution in [0.25, 0.3) is 0 Å². The first-order valence-corrected chi connectivity index (χ1v) is 9.91. The van der Waals surface area contributed by atoms with Gasteiger partial charge in [-0.25, -0.2) is 18.1 Å². The molecule has 27 heavy (non-hydrogen) atoms. The number of hydrogen-bond acceptors (Lipinski definition) is 4. The molecule has 0 saturated carbocycles. The summed E-state index contributed by atoms with van der Waals surface area (Å²) in [6.07, 6.45) is -3.25. The quantitative estimate of drug-likeness (QED) is 0.693. The van der Waals surface area contributed by atoms with Gasteiger partial charge in [0.25, 0.3) is 6.01 Å². The molecule has 1 atom stereocenters. The number of alkyl halides is 3. The summed E-state index contributed by atoms with van der Waals surface area (Å²) >= 11 is 11.6. The molecule has 0 aliphatic heterocycles. The third kappa shape index (κ3) is 5.50. The third-order valence-corrected chi connectivity index (χ3v) is 5.79. The Hall–Kier alpha value is -1.49. The van der Waals surface area contributed by atoms with E-state index < -0.39 is 28.8 Å². The van der Waals surface area contributed by atoms with Crippen molar-refractivity contribution in [2.75, 3.05) is 6.61 Å². The Morgan fingerprint density at radius 1 is 1.30 bits per heavy atom. The molecule has 0 bridgehead atoms. The number of rotatable bonds is 7. The van der Waals surface area contributed by atoms with Crippen LogP contribution in [0.5, 0.6) is 6.01 Å². The van der Waals surface area contributed by atoms with Gasteiger partial charge in [0.1, 0.15) is 0 Å². The van der Waals surface area contributed by atoms with Crippen LogP contribution < -0.4 is 9.46 Å². The van der Waals surface area contributed by atoms with Gasteiger partial charge < -0.3 is 4.74 Å². The van der Waals surface area contributed by atoms with E-state index in [0.717, 1.165) is 0 Å². The maximum Gasteiger partial charge on any atom is 0.422 e. The van der Waals surface area contributed by atoms with Gasteiger partial charge in [0.05, 0.1) is 32.9 Å². The zero-order valence-electron chi connectivity index (χ0n) is 14.2. The van der Waals surface area contributed by atoms with Crippen LogP contribution in [0.15, 0.2) is 29.3 Å². The van der Waals surface area contributed by atoms with Crippen molar-refractivity contribution in [1.82, 2.24) is 14.3 Å². The van der Waals surface area contributed by atoms with E-state index in [1.54, 1.807) is 6.92 Å². The van der Waals surface area contributed by atoms with E-state index in [2.05, 4.69) is 14.4 Å². The smallest absolute Gasteiger partial charge is 0.422 e. The molecule has 2 rings (SSSR count). The highest BCUT2D eigenvalue weighted by Gasteiger charge is 2.30. The molecule has 1 aromatic heterocycles. The standard InChI is InChI=1S/C15H16Cl2F3N3O3S/c1-3-23-13(7-21-14(23)26-8-15(18,19)20)9(2)22-27(24,25)10-4-5-11(16)12(17)6-10/h4-7,9,22H,3,8H2,1-2H3. The molecule has 1 N–H and O–H groups in total. The van der Waals surface area contributed by atoms with Gasteiger partial charge in [0.2, 0.25) is 10.0 Å². The summed E-state index contributed by atoms with van der Waals surface area (Å²) < 4.78 is 70.5. The van der Waals surface area contributed by atoms with Crippen molar-refractivity contribution < 1.29 is 26.3 Å². The van der Waals surface area contributed by atoms with E-state index >= 15 is 0 Å². The fraction of sp³-hybridized carbons (Fsp3) is 0.400. The number of imidazole rings is 1. The zero-order valence-corrected chi connectivity index (χ0v) is 16.5. The molecular formula is C15H16Cl2F3N3O3S. The highest BCUT2D eigenvalue weighted by molar-refractivity contribution is 7.89. The predicted octanol–water partition coefficient (Wildman–Crippen LogP) is 4.19. The molecule has 1 heterocycles. The van der Waals surface area contributed by atoms with Crippen LogP contribution in [0.2, 0.25) is 10.0 Å². The van der Waals surface area contributed by atoms with Crippen molar-refractivity contribution in [3.05, 3.63) is 40.1 Å². The van der Waals surface area contributed by atoms with Gasteiger partial charge in [-0.05, 0) is 32.0 Å². The van der Waals surface area contributed by atoms with Crippen LogP contribution in [0.3, 0.4) is 0 Å². The second-order valence-electron chi connectivity index (χ2n) is 5.53. The summed E-state index contributed by atoms with van der Waals surface area (Å²) in [4.78, 5) is 3.71. The summed E-state index contributed by atoms with van der Waals surface area (Å²) in [7, 11) is -3.95. The lowest BCUT2D eigenvalue weighted by Crippen LogP contribution is -2.28. The number of sulfonamides is 1. The van der Waals surface area contributed by atoms with Gasteiger partial charge in [0.15, 0.2) is 6.61 Å². The van der Waals surface area contributed by atoms with Gasteiger partial charge in [-0.3, -0.25) is 4.57 Å². The Morgan fingerprint density at radius 3 is 2.52 bits per heavy atom. The van der Waals surface area contributed by atoms with E-state index in [0.29, 0.717) is 5.69 Å². The lowest BCUT2D eigenvalue weighted by molar-refractivity contribution is -0.155. The minimum Gasteiger partial charge on any atom is -0.455 e. The van der Waals surface area contributed by atoms with Crippen LogP contribution in [0.1, 0.15) is 25.6 Å². The fourth-order valence-electron chi connectivity index (χ4n) is 2.30. The number of aromatic nitrogens is 2. The van der Waals surface area contributed by atoms with Crippen molar-refractivity contribution in [1.29, 1.82) is 0 Å². The highest BCUT2D eigenvalue weighted by atomic mass is 35.5. The van der Waals surface area contributed by atoms with Crippen LogP contribution in [0.4, 0.5) is 13.2 Å². The number of benzene rings is 1. The van der Waals surface area contributed by atoms with Crippen LogP contribution in [-0.4, -0.2) is 30.8 Å². The van der Waals surface area contributed by atoms with Crippen molar-refractivity contribution in [2.24, 2.45) is 0 Å². The molecule has 2 aromatic rings. The summed E-state index contributed by atoms with van der Waals surface area (Å²) in [5.74, 6) is 0. The Kier molecular flexibility index (Phi) is 6.67. The van der Waals surface area contributed by atoms with Gasteiger partial charge in [-0.2, -0.15) is 13.2 Å².